The van der Waals surface area contributed by atoms with Gasteiger partial charge in [0, 0.05) is 6.07 Å². The Labute approximate surface area is 105 Å². The predicted molar refractivity (Wildman–Crippen MR) is 64.0 cm³/mol. The highest BCUT2D eigenvalue weighted by molar-refractivity contribution is 8.26. The van der Waals surface area contributed by atoms with Crippen LogP contribution in [-0.4, -0.2) is 37.9 Å². The standard InChI is InChI=1S/C9H6N2O4S2/c12-7(13)4-11-8(14)6(17-9(11)16)3-5-1-2-15-10-5/h1-3H,4H2,(H,12,13)/b6-3-. The third-order valence-electron chi connectivity index (χ3n) is 1.90. The first-order valence-electron chi connectivity index (χ1n) is 4.45. The van der Waals surface area contributed by atoms with E-state index < -0.39 is 18.4 Å². The van der Waals surface area contributed by atoms with Crippen LogP contribution >= 0.6 is 24.0 Å². The number of carbonyl (C=O) groups excluding carboxylic acids is 1. The van der Waals surface area contributed by atoms with Crippen molar-refractivity contribution in [1.29, 1.82) is 0 Å². The fraction of sp³-hybridized carbons (Fsp3) is 0.111. The molecule has 0 aliphatic carbocycles. The molecule has 0 bridgehead atoms. The molecular weight excluding hydrogens is 264 g/mol. The summed E-state index contributed by atoms with van der Waals surface area (Å²) in [6.07, 6.45) is 2.88. The van der Waals surface area contributed by atoms with E-state index in [-0.39, 0.29) is 4.32 Å². The van der Waals surface area contributed by atoms with E-state index in [2.05, 4.69) is 9.68 Å². The van der Waals surface area contributed by atoms with Gasteiger partial charge in [-0.25, -0.2) is 0 Å². The number of amides is 1. The molecule has 1 aromatic heterocycles. The molecule has 8 heteroatoms. The van der Waals surface area contributed by atoms with Gasteiger partial charge in [0.2, 0.25) is 0 Å². The lowest BCUT2D eigenvalue weighted by atomic mass is 10.3. The van der Waals surface area contributed by atoms with E-state index in [1.54, 1.807) is 6.07 Å². The summed E-state index contributed by atoms with van der Waals surface area (Å²) in [5.74, 6) is -1.53. The van der Waals surface area contributed by atoms with Crippen molar-refractivity contribution < 1.29 is 19.2 Å². The Morgan fingerprint density at radius 1 is 1.71 bits per heavy atom. The van der Waals surface area contributed by atoms with Crippen LogP contribution in [0, 0.1) is 0 Å². The zero-order valence-electron chi connectivity index (χ0n) is 8.32. The van der Waals surface area contributed by atoms with Crippen molar-refractivity contribution >= 4 is 46.3 Å². The predicted octanol–water partition coefficient (Wildman–Crippen LogP) is 0.960. The van der Waals surface area contributed by atoms with Crippen molar-refractivity contribution in [3.05, 3.63) is 22.9 Å². The van der Waals surface area contributed by atoms with Crippen LogP contribution in [0.25, 0.3) is 6.08 Å². The molecule has 2 heterocycles. The second-order valence-electron chi connectivity index (χ2n) is 3.09. The lowest BCUT2D eigenvalue weighted by molar-refractivity contribution is -0.140. The molecule has 0 radical (unpaired) electrons. The molecule has 2 rings (SSSR count). The number of thiocarbonyl (C=S) groups is 1. The Hall–Kier alpha value is -1.67. The quantitative estimate of drug-likeness (QED) is 0.647. The number of carbonyl (C=O) groups is 2. The first-order valence-corrected chi connectivity index (χ1v) is 5.68. The molecule has 1 aliphatic rings. The molecule has 1 saturated heterocycles. The number of aromatic nitrogens is 1. The largest absolute Gasteiger partial charge is 0.480 e. The van der Waals surface area contributed by atoms with Gasteiger partial charge in [0.05, 0.1) is 4.91 Å². The summed E-state index contributed by atoms with van der Waals surface area (Å²) in [6.45, 7) is -0.430. The van der Waals surface area contributed by atoms with Gasteiger partial charge in [-0.1, -0.05) is 29.1 Å². The molecule has 17 heavy (non-hydrogen) atoms. The first-order chi connectivity index (χ1) is 8.08. The number of thioether (sulfide) groups is 1. The minimum absolute atomic E-state index is 0.229. The third kappa shape index (κ3) is 2.53. The topological polar surface area (TPSA) is 83.6 Å². The summed E-state index contributed by atoms with van der Waals surface area (Å²) in [5.41, 5.74) is 0.487. The van der Waals surface area contributed by atoms with Gasteiger partial charge in [-0.3, -0.25) is 14.5 Å². The maximum absolute atomic E-state index is 11.8. The number of hydrogen-bond acceptors (Lipinski definition) is 6. The van der Waals surface area contributed by atoms with Gasteiger partial charge in [-0.15, -0.1) is 0 Å². The molecule has 0 saturated carbocycles. The molecular formula is C9H6N2O4S2. The Morgan fingerprint density at radius 2 is 2.47 bits per heavy atom. The van der Waals surface area contributed by atoms with Crippen LogP contribution in [0.3, 0.4) is 0 Å². The van der Waals surface area contributed by atoms with Gasteiger partial charge >= 0.3 is 5.97 Å². The number of nitrogens with zero attached hydrogens (tertiary/aromatic N) is 2. The molecule has 6 nitrogen and oxygen atoms in total. The van der Waals surface area contributed by atoms with Crippen LogP contribution in [0.4, 0.5) is 0 Å². The fourth-order valence-corrected chi connectivity index (χ4v) is 2.44. The van der Waals surface area contributed by atoms with Crippen molar-refractivity contribution in [1.82, 2.24) is 10.1 Å². The van der Waals surface area contributed by atoms with Crippen LogP contribution in [0.15, 0.2) is 21.8 Å². The van der Waals surface area contributed by atoms with Gasteiger partial charge in [0.15, 0.2) is 0 Å². The van der Waals surface area contributed by atoms with Gasteiger partial charge in [0.1, 0.15) is 22.8 Å². The van der Waals surface area contributed by atoms with Crippen LogP contribution in [0.5, 0.6) is 0 Å². The molecule has 0 aromatic carbocycles. The number of rotatable bonds is 3. The molecule has 1 fully saturated rings. The Balaban J connectivity index is 2.21. The zero-order valence-corrected chi connectivity index (χ0v) is 9.96. The average Bonchev–Trinajstić information content (AvgIpc) is 2.83. The molecule has 0 spiro atoms. The molecule has 0 atom stereocenters. The molecule has 1 aromatic rings. The normalized spacial score (nSPS) is 18.1. The first kappa shape index (κ1) is 11.8. The SMILES string of the molecule is O=C(O)CN1C(=O)/C(=C/c2ccon2)SC1=S. The monoisotopic (exact) mass is 270 g/mol. The number of carboxylic acids is 1. The summed E-state index contributed by atoms with van der Waals surface area (Å²) in [5, 5.41) is 12.3. The molecule has 1 amide bonds. The number of carboxylic acid groups (broad SMARTS) is 1. The zero-order chi connectivity index (χ0) is 12.4. The van der Waals surface area contributed by atoms with Crippen molar-refractivity contribution in [2.75, 3.05) is 6.54 Å². The summed E-state index contributed by atoms with van der Waals surface area (Å²) in [6, 6.07) is 1.59. The third-order valence-corrected chi connectivity index (χ3v) is 3.28. The summed E-state index contributed by atoms with van der Waals surface area (Å²) in [4.78, 5) is 23.7. The molecule has 1 N–H and O–H groups in total. The van der Waals surface area contributed by atoms with Crippen LogP contribution in [0.2, 0.25) is 0 Å². The van der Waals surface area contributed by atoms with E-state index in [4.69, 9.17) is 17.3 Å². The second-order valence-corrected chi connectivity index (χ2v) is 4.76. The smallest absolute Gasteiger partial charge is 0.323 e. The molecule has 0 unspecified atom stereocenters. The van der Waals surface area contributed by atoms with E-state index in [0.717, 1.165) is 16.7 Å². The number of aliphatic carboxylic acids is 1. The van der Waals surface area contributed by atoms with Gasteiger partial charge < -0.3 is 9.63 Å². The van der Waals surface area contributed by atoms with Crippen molar-refractivity contribution in [2.45, 2.75) is 0 Å². The minimum Gasteiger partial charge on any atom is -0.480 e. The van der Waals surface area contributed by atoms with Crippen molar-refractivity contribution in [3.63, 3.8) is 0 Å². The fourth-order valence-electron chi connectivity index (χ4n) is 1.20. The highest BCUT2D eigenvalue weighted by Gasteiger charge is 2.33. The van der Waals surface area contributed by atoms with Crippen LogP contribution in [-0.2, 0) is 9.59 Å². The highest BCUT2D eigenvalue weighted by Crippen LogP contribution is 2.31. The van der Waals surface area contributed by atoms with Gasteiger partial charge in [0.25, 0.3) is 5.91 Å². The summed E-state index contributed by atoms with van der Waals surface area (Å²) < 4.78 is 4.85. The lowest BCUT2D eigenvalue weighted by Gasteiger charge is -2.09. The Bertz CT molecular complexity index is 509. The number of hydrogen-bond donors (Lipinski definition) is 1. The van der Waals surface area contributed by atoms with Crippen molar-refractivity contribution in [2.24, 2.45) is 0 Å². The Kier molecular flexibility index (Phi) is 3.25. The molecule has 88 valence electrons. The summed E-state index contributed by atoms with van der Waals surface area (Å²) in [7, 11) is 0. The summed E-state index contributed by atoms with van der Waals surface area (Å²) >= 11 is 5.97. The average molecular weight is 270 g/mol. The minimum atomic E-state index is -1.11. The van der Waals surface area contributed by atoms with E-state index in [1.165, 1.54) is 12.3 Å². The van der Waals surface area contributed by atoms with Gasteiger partial charge in [-0.05, 0) is 6.08 Å². The van der Waals surface area contributed by atoms with E-state index in [1.807, 2.05) is 0 Å². The highest BCUT2D eigenvalue weighted by atomic mass is 32.2. The second kappa shape index (κ2) is 4.68. The van der Waals surface area contributed by atoms with Crippen molar-refractivity contribution in [3.8, 4) is 0 Å². The Morgan fingerprint density at radius 3 is 3.06 bits per heavy atom. The van der Waals surface area contributed by atoms with Crippen LogP contribution < -0.4 is 0 Å². The van der Waals surface area contributed by atoms with Crippen LogP contribution in [0.1, 0.15) is 5.69 Å². The lowest BCUT2D eigenvalue weighted by Crippen LogP contribution is -2.33. The van der Waals surface area contributed by atoms with Gasteiger partial charge in [-0.2, -0.15) is 0 Å². The van der Waals surface area contributed by atoms with E-state index in [9.17, 15) is 9.59 Å². The maximum Gasteiger partial charge on any atom is 0.323 e. The van der Waals surface area contributed by atoms with E-state index in [0.29, 0.717) is 10.6 Å². The van der Waals surface area contributed by atoms with E-state index >= 15 is 0 Å². The maximum atomic E-state index is 11.8. The molecule has 1 aliphatic heterocycles.